The van der Waals surface area contributed by atoms with Gasteiger partial charge in [-0.05, 0) is 17.0 Å². The smallest absolute Gasteiger partial charge is 0.0308 e. The molecule has 0 aromatic heterocycles. The van der Waals surface area contributed by atoms with E-state index in [1.165, 1.54) is 11.1 Å². The molecule has 0 fully saturated rings. The highest BCUT2D eigenvalue weighted by molar-refractivity contribution is 5.18. The van der Waals surface area contributed by atoms with E-state index in [1.54, 1.807) is 0 Å². The van der Waals surface area contributed by atoms with Gasteiger partial charge in [0.15, 0.2) is 0 Å². The molecule has 0 spiro atoms. The maximum atomic E-state index is 4.09. The summed E-state index contributed by atoms with van der Waals surface area (Å²) in [6, 6.07) is 21.8. The zero-order chi connectivity index (χ0) is 15.8. The molecule has 0 amide bonds. The van der Waals surface area contributed by atoms with Gasteiger partial charge >= 0.3 is 0 Å². The summed E-state index contributed by atoms with van der Waals surface area (Å²) in [5.41, 5.74) is 2.71. The predicted octanol–water partition coefficient (Wildman–Crippen LogP) is 5.29. The van der Waals surface area contributed by atoms with Crippen molar-refractivity contribution in [2.75, 3.05) is 0 Å². The fraction of sp³-hybridized carbons (Fsp3) is 0.333. The van der Waals surface area contributed by atoms with Gasteiger partial charge in [-0.3, -0.25) is 4.90 Å². The Kier molecular flexibility index (Phi) is 6.42. The first kappa shape index (κ1) is 16.5. The van der Waals surface area contributed by atoms with Crippen LogP contribution in [0.25, 0.3) is 0 Å². The molecule has 0 unspecified atom stereocenters. The summed E-state index contributed by atoms with van der Waals surface area (Å²) < 4.78 is 0. The Balaban J connectivity index is 2.21. The number of hydrogen-bond donors (Lipinski definition) is 0. The van der Waals surface area contributed by atoms with E-state index in [1.807, 2.05) is 0 Å². The predicted molar refractivity (Wildman–Crippen MR) is 95.6 cm³/mol. The topological polar surface area (TPSA) is 3.24 Å². The third-order valence-electron chi connectivity index (χ3n) is 4.35. The van der Waals surface area contributed by atoms with Crippen LogP contribution in [0.2, 0.25) is 0 Å². The van der Waals surface area contributed by atoms with Crippen LogP contribution in [0.1, 0.15) is 31.4 Å². The standard InChI is InChI=1S/C21H27N/c1-4-18(3)21(5-2)22(16-19-12-8-6-9-13-19)17-20-14-10-7-11-15-20/h5-15,18,21H,2,4,16-17H2,1,3H3/t18-,21+/m0/s1. The third-order valence-corrected chi connectivity index (χ3v) is 4.35. The first-order chi connectivity index (χ1) is 10.7. The van der Waals surface area contributed by atoms with Crippen LogP contribution in [-0.4, -0.2) is 10.9 Å². The van der Waals surface area contributed by atoms with Gasteiger partial charge in [0.05, 0.1) is 0 Å². The van der Waals surface area contributed by atoms with Crippen molar-refractivity contribution in [1.82, 2.24) is 4.90 Å². The number of rotatable bonds is 8. The second kappa shape index (κ2) is 8.55. The molecule has 0 bridgehead atoms. The van der Waals surface area contributed by atoms with Crippen LogP contribution < -0.4 is 0 Å². The van der Waals surface area contributed by atoms with E-state index in [-0.39, 0.29) is 0 Å². The van der Waals surface area contributed by atoms with Gasteiger partial charge in [0.25, 0.3) is 0 Å². The minimum Gasteiger partial charge on any atom is -0.288 e. The molecule has 22 heavy (non-hydrogen) atoms. The van der Waals surface area contributed by atoms with E-state index in [2.05, 4.69) is 92.1 Å². The van der Waals surface area contributed by atoms with E-state index in [9.17, 15) is 0 Å². The lowest BCUT2D eigenvalue weighted by atomic mass is 9.96. The Bertz CT molecular complexity index is 505. The van der Waals surface area contributed by atoms with Crippen molar-refractivity contribution < 1.29 is 0 Å². The van der Waals surface area contributed by atoms with Crippen molar-refractivity contribution in [3.8, 4) is 0 Å². The Morgan fingerprint density at radius 1 is 0.909 bits per heavy atom. The summed E-state index contributed by atoms with van der Waals surface area (Å²) in [6.07, 6.45) is 3.27. The molecule has 0 aliphatic carbocycles. The van der Waals surface area contributed by atoms with Crippen LogP contribution in [0.4, 0.5) is 0 Å². The molecule has 0 saturated carbocycles. The van der Waals surface area contributed by atoms with Crippen molar-refractivity contribution in [1.29, 1.82) is 0 Å². The van der Waals surface area contributed by atoms with Gasteiger partial charge in [-0.25, -0.2) is 0 Å². The lowest BCUT2D eigenvalue weighted by Crippen LogP contribution is -2.37. The van der Waals surface area contributed by atoms with Crippen molar-refractivity contribution >= 4 is 0 Å². The molecule has 2 aromatic rings. The molecule has 0 aliphatic rings. The van der Waals surface area contributed by atoms with Gasteiger partial charge in [0, 0.05) is 19.1 Å². The highest BCUT2D eigenvalue weighted by atomic mass is 15.2. The molecule has 116 valence electrons. The third kappa shape index (κ3) is 4.57. The van der Waals surface area contributed by atoms with Gasteiger partial charge in [-0.2, -0.15) is 0 Å². The average molecular weight is 293 g/mol. The quantitative estimate of drug-likeness (QED) is 0.598. The molecule has 2 atom stereocenters. The average Bonchev–Trinajstić information content (AvgIpc) is 2.57. The molecule has 0 heterocycles. The Labute approximate surface area is 135 Å². The van der Waals surface area contributed by atoms with Crippen LogP contribution in [0.3, 0.4) is 0 Å². The molecule has 0 radical (unpaired) electrons. The minimum atomic E-state index is 0.394. The first-order valence-corrected chi connectivity index (χ1v) is 8.19. The second-order valence-corrected chi connectivity index (χ2v) is 5.99. The largest absolute Gasteiger partial charge is 0.288 e. The summed E-state index contributed by atoms with van der Waals surface area (Å²) in [4.78, 5) is 2.53. The lowest BCUT2D eigenvalue weighted by Gasteiger charge is -2.33. The second-order valence-electron chi connectivity index (χ2n) is 5.99. The molecule has 1 heteroatoms. The van der Waals surface area contributed by atoms with Gasteiger partial charge in [0.1, 0.15) is 0 Å². The van der Waals surface area contributed by atoms with Crippen molar-refractivity contribution in [3.05, 3.63) is 84.4 Å². The Morgan fingerprint density at radius 3 is 1.73 bits per heavy atom. The van der Waals surface area contributed by atoms with Crippen LogP contribution >= 0.6 is 0 Å². The summed E-state index contributed by atoms with van der Waals surface area (Å²) >= 11 is 0. The van der Waals surface area contributed by atoms with E-state index in [4.69, 9.17) is 0 Å². The molecular weight excluding hydrogens is 266 g/mol. The summed E-state index contributed by atoms with van der Waals surface area (Å²) in [7, 11) is 0. The van der Waals surface area contributed by atoms with Gasteiger partial charge in [-0.15, -0.1) is 6.58 Å². The summed E-state index contributed by atoms with van der Waals surface area (Å²) in [5, 5.41) is 0. The van der Waals surface area contributed by atoms with E-state index in [0.717, 1.165) is 19.5 Å². The monoisotopic (exact) mass is 293 g/mol. The van der Waals surface area contributed by atoms with E-state index >= 15 is 0 Å². The molecule has 0 aliphatic heterocycles. The fourth-order valence-electron chi connectivity index (χ4n) is 2.89. The molecule has 2 rings (SSSR count). The van der Waals surface area contributed by atoms with Gasteiger partial charge in [0.2, 0.25) is 0 Å². The maximum absolute atomic E-state index is 4.09. The van der Waals surface area contributed by atoms with Crippen molar-refractivity contribution in [2.24, 2.45) is 5.92 Å². The van der Waals surface area contributed by atoms with Crippen LogP contribution in [0, 0.1) is 5.92 Å². The van der Waals surface area contributed by atoms with Gasteiger partial charge < -0.3 is 0 Å². The van der Waals surface area contributed by atoms with Gasteiger partial charge in [-0.1, -0.05) is 87.0 Å². The number of nitrogens with zero attached hydrogens (tertiary/aromatic N) is 1. The lowest BCUT2D eigenvalue weighted by molar-refractivity contribution is 0.163. The maximum Gasteiger partial charge on any atom is 0.0308 e. The highest BCUT2D eigenvalue weighted by Crippen LogP contribution is 2.21. The minimum absolute atomic E-state index is 0.394. The fourth-order valence-corrected chi connectivity index (χ4v) is 2.89. The van der Waals surface area contributed by atoms with Crippen molar-refractivity contribution in [3.63, 3.8) is 0 Å². The van der Waals surface area contributed by atoms with E-state index < -0.39 is 0 Å². The van der Waals surface area contributed by atoms with Crippen LogP contribution in [-0.2, 0) is 13.1 Å². The number of benzene rings is 2. The molecule has 1 nitrogen and oxygen atoms in total. The van der Waals surface area contributed by atoms with Crippen LogP contribution in [0.15, 0.2) is 73.3 Å². The molecule has 2 aromatic carbocycles. The molecule has 0 saturated heterocycles. The number of hydrogen-bond acceptors (Lipinski definition) is 1. The zero-order valence-electron chi connectivity index (χ0n) is 13.8. The molecule has 0 N–H and O–H groups in total. The first-order valence-electron chi connectivity index (χ1n) is 8.19. The normalized spacial score (nSPS) is 13.8. The summed E-state index contributed by atoms with van der Waals surface area (Å²) in [6.45, 7) is 10.6. The Morgan fingerprint density at radius 2 is 1.36 bits per heavy atom. The highest BCUT2D eigenvalue weighted by Gasteiger charge is 2.21. The Hall–Kier alpha value is -1.86. The summed E-state index contributed by atoms with van der Waals surface area (Å²) in [5.74, 6) is 0.602. The SMILES string of the molecule is C=C[C@H]([C@@H](C)CC)N(Cc1ccccc1)Cc1ccccc1. The van der Waals surface area contributed by atoms with Crippen molar-refractivity contribution in [2.45, 2.75) is 39.4 Å². The zero-order valence-corrected chi connectivity index (χ0v) is 13.8. The van der Waals surface area contributed by atoms with Crippen LogP contribution in [0.5, 0.6) is 0 Å². The molecular formula is C21H27N. The van der Waals surface area contributed by atoms with E-state index in [0.29, 0.717) is 12.0 Å².